The molecule has 0 aliphatic carbocycles. The van der Waals surface area contributed by atoms with E-state index in [4.69, 9.17) is 0 Å². The number of hydrogen-bond acceptors (Lipinski definition) is 15. The Kier molecular flexibility index (Phi) is 17.9. The zero-order valence-corrected chi connectivity index (χ0v) is 26.1. The maximum Gasteiger partial charge on any atom is 0.240 e. The number of hydrogen-bond donors (Lipinski definition) is 3. The van der Waals surface area contributed by atoms with Gasteiger partial charge in [0.25, 0.3) is 0 Å². The number of rotatable bonds is 12. The molecule has 0 amide bonds. The zero-order chi connectivity index (χ0) is 36.0. The fourth-order valence-corrected chi connectivity index (χ4v) is 3.85. The number of isocyanates is 6. The third-order valence-electron chi connectivity index (χ3n) is 6.81. The summed E-state index contributed by atoms with van der Waals surface area (Å²) in [6.07, 6.45) is 9.25. The molecule has 246 valence electrons. The molecule has 0 aromatic heterocycles. The first-order valence-corrected chi connectivity index (χ1v) is 13.8. The molecule has 0 unspecified atom stereocenters. The topological polar surface area (TPSA) is 237 Å². The predicted molar refractivity (Wildman–Crippen MR) is 172 cm³/mol. The van der Waals surface area contributed by atoms with E-state index in [-0.39, 0.29) is 19.8 Å². The lowest BCUT2D eigenvalue weighted by molar-refractivity contribution is -0.000289. The number of aliphatic imine (C=N–C) groups is 6. The summed E-state index contributed by atoms with van der Waals surface area (Å²) in [5.41, 5.74) is 4.52. The average Bonchev–Trinajstić information content (AvgIpc) is 3.08. The van der Waals surface area contributed by atoms with E-state index in [1.165, 1.54) is 54.7 Å². The Hall–Kier alpha value is -6.18. The first kappa shape index (κ1) is 39.8. The highest BCUT2D eigenvalue weighted by Crippen LogP contribution is 2.32. The van der Waals surface area contributed by atoms with Gasteiger partial charge in [0, 0.05) is 5.41 Å². The minimum absolute atomic E-state index is 0.298. The standard InChI is InChI=1S/C15H18N2O5.2C9H6N2O2/c1-11-12(2-3-15(6-18,7-19)8-20)4-13(16-9-21)5-14(11)17-10-22;2*1-7-2-3-8(10-5-12)4-9(7)11-6-13/h4-5,18-20H,2-3,6-8H2,1H3;2*2-4H,1H3. The first-order valence-electron chi connectivity index (χ1n) is 13.8. The van der Waals surface area contributed by atoms with Crippen molar-refractivity contribution < 1.29 is 44.1 Å². The van der Waals surface area contributed by atoms with Crippen molar-refractivity contribution in [1.82, 2.24) is 0 Å². The van der Waals surface area contributed by atoms with Crippen molar-refractivity contribution >= 4 is 70.6 Å². The van der Waals surface area contributed by atoms with Crippen LogP contribution in [0.15, 0.2) is 78.5 Å². The predicted octanol–water partition coefficient (Wildman–Crippen LogP) is 4.68. The second-order valence-corrected chi connectivity index (χ2v) is 9.88. The monoisotopic (exact) mass is 654 g/mol. The summed E-state index contributed by atoms with van der Waals surface area (Å²) < 4.78 is 0. The Labute approximate surface area is 274 Å². The highest BCUT2D eigenvalue weighted by Gasteiger charge is 2.28. The van der Waals surface area contributed by atoms with E-state index >= 15 is 0 Å². The minimum Gasteiger partial charge on any atom is -0.396 e. The summed E-state index contributed by atoms with van der Waals surface area (Å²) in [5.74, 6) is 0. The van der Waals surface area contributed by atoms with Crippen LogP contribution in [0.3, 0.4) is 0 Å². The van der Waals surface area contributed by atoms with E-state index in [1.54, 1.807) is 51.1 Å². The fraction of sp³-hybridized carbons (Fsp3) is 0.273. The minimum atomic E-state index is -0.996. The SMILES string of the molecule is Cc1c(CCC(CO)(CO)CO)cc(N=C=O)cc1N=C=O.Cc1ccc(N=C=O)cc1N=C=O.Cc1ccc(N=C=O)cc1N=C=O. The molecule has 0 atom stereocenters. The Bertz CT molecular complexity index is 1780. The van der Waals surface area contributed by atoms with Gasteiger partial charge in [-0.3, -0.25) is 0 Å². The van der Waals surface area contributed by atoms with Gasteiger partial charge in [-0.05, 0) is 92.3 Å². The molecule has 0 aliphatic heterocycles. The van der Waals surface area contributed by atoms with Crippen molar-refractivity contribution in [3.8, 4) is 0 Å². The first-order chi connectivity index (χ1) is 23.1. The number of benzene rings is 3. The molecule has 0 heterocycles. The summed E-state index contributed by atoms with van der Waals surface area (Å²) in [5, 5.41) is 28.0. The van der Waals surface area contributed by atoms with Gasteiger partial charge in [0.15, 0.2) is 0 Å². The van der Waals surface area contributed by atoms with E-state index in [2.05, 4.69) is 30.0 Å². The summed E-state index contributed by atoms with van der Waals surface area (Å²) in [6, 6.07) is 12.9. The smallest absolute Gasteiger partial charge is 0.240 e. The summed E-state index contributed by atoms with van der Waals surface area (Å²) in [7, 11) is 0. The number of nitrogens with zero attached hydrogens (tertiary/aromatic N) is 6. The molecule has 48 heavy (non-hydrogen) atoms. The molecule has 3 N–H and O–H groups in total. The highest BCUT2D eigenvalue weighted by atomic mass is 16.3. The summed E-state index contributed by atoms with van der Waals surface area (Å²) in [4.78, 5) is 81.5. The van der Waals surface area contributed by atoms with Crippen molar-refractivity contribution in [2.24, 2.45) is 35.4 Å². The molecule has 3 aromatic carbocycles. The van der Waals surface area contributed by atoms with E-state index in [1.807, 2.05) is 0 Å². The van der Waals surface area contributed by atoms with E-state index in [0.717, 1.165) is 16.7 Å². The van der Waals surface area contributed by atoms with Crippen molar-refractivity contribution in [2.45, 2.75) is 33.6 Å². The molecule has 0 saturated carbocycles. The molecule has 3 rings (SSSR count). The maximum atomic E-state index is 10.5. The molecule has 0 fully saturated rings. The molecule has 0 saturated heterocycles. The highest BCUT2D eigenvalue weighted by molar-refractivity contribution is 5.65. The van der Waals surface area contributed by atoms with Crippen LogP contribution in [0.25, 0.3) is 0 Å². The van der Waals surface area contributed by atoms with Crippen LogP contribution in [-0.4, -0.2) is 71.6 Å². The third kappa shape index (κ3) is 12.7. The molecule has 15 heteroatoms. The molecule has 3 aromatic rings. The lowest BCUT2D eigenvalue weighted by atomic mass is 9.83. The van der Waals surface area contributed by atoms with Crippen LogP contribution in [0.2, 0.25) is 0 Å². The number of aliphatic hydroxyl groups excluding tert-OH is 3. The Balaban J connectivity index is 0.000000381. The van der Waals surface area contributed by atoms with Crippen molar-refractivity contribution in [1.29, 1.82) is 0 Å². The van der Waals surface area contributed by atoms with Crippen LogP contribution in [-0.2, 0) is 35.2 Å². The van der Waals surface area contributed by atoms with Crippen LogP contribution in [0.4, 0.5) is 34.1 Å². The van der Waals surface area contributed by atoms with Crippen LogP contribution >= 0.6 is 0 Å². The van der Waals surface area contributed by atoms with Crippen LogP contribution in [0.1, 0.15) is 28.7 Å². The van der Waals surface area contributed by atoms with Gasteiger partial charge in [-0.25, -0.2) is 28.8 Å². The Morgan fingerprint density at radius 3 is 1.29 bits per heavy atom. The maximum absolute atomic E-state index is 10.5. The van der Waals surface area contributed by atoms with Gasteiger partial charge in [-0.2, -0.15) is 30.0 Å². The van der Waals surface area contributed by atoms with Crippen LogP contribution in [0, 0.1) is 26.2 Å². The second-order valence-electron chi connectivity index (χ2n) is 9.88. The molecule has 0 spiro atoms. The zero-order valence-electron chi connectivity index (χ0n) is 26.1. The van der Waals surface area contributed by atoms with Gasteiger partial charge in [-0.15, -0.1) is 0 Å². The van der Waals surface area contributed by atoms with Crippen LogP contribution < -0.4 is 0 Å². The quantitative estimate of drug-likeness (QED) is 0.181. The van der Waals surface area contributed by atoms with Gasteiger partial charge >= 0.3 is 0 Å². The summed E-state index contributed by atoms with van der Waals surface area (Å²) in [6.45, 7) is 4.27. The van der Waals surface area contributed by atoms with Gasteiger partial charge in [0.2, 0.25) is 36.5 Å². The molecule has 15 nitrogen and oxygen atoms in total. The van der Waals surface area contributed by atoms with Crippen LogP contribution in [0.5, 0.6) is 0 Å². The lowest BCUT2D eigenvalue weighted by Crippen LogP contribution is -2.34. The lowest BCUT2D eigenvalue weighted by Gasteiger charge is -2.27. The summed E-state index contributed by atoms with van der Waals surface area (Å²) >= 11 is 0. The van der Waals surface area contributed by atoms with Crippen molar-refractivity contribution in [2.75, 3.05) is 19.8 Å². The average molecular weight is 655 g/mol. The fourth-order valence-electron chi connectivity index (χ4n) is 3.85. The molecule has 0 radical (unpaired) electrons. The van der Waals surface area contributed by atoms with E-state index in [0.29, 0.717) is 52.5 Å². The second kappa shape index (κ2) is 21.5. The third-order valence-corrected chi connectivity index (χ3v) is 6.81. The van der Waals surface area contributed by atoms with E-state index < -0.39 is 5.41 Å². The van der Waals surface area contributed by atoms with Gasteiger partial charge in [-0.1, -0.05) is 12.1 Å². The van der Waals surface area contributed by atoms with Crippen molar-refractivity contribution in [3.05, 3.63) is 70.8 Å². The van der Waals surface area contributed by atoms with E-state index in [9.17, 15) is 44.1 Å². The number of carbonyl (C=O) groups excluding carboxylic acids is 6. The molecular weight excluding hydrogens is 624 g/mol. The molecule has 0 aliphatic rings. The van der Waals surface area contributed by atoms with Crippen molar-refractivity contribution in [3.63, 3.8) is 0 Å². The Morgan fingerprint density at radius 1 is 0.521 bits per heavy atom. The molecular formula is C33H30N6O9. The van der Waals surface area contributed by atoms with Gasteiger partial charge in [0.05, 0.1) is 53.9 Å². The normalized spacial score (nSPS) is 9.46. The number of aryl methyl sites for hydroxylation is 3. The Morgan fingerprint density at radius 2 is 0.896 bits per heavy atom. The number of aliphatic hydroxyl groups is 3. The largest absolute Gasteiger partial charge is 0.396 e. The van der Waals surface area contributed by atoms with Gasteiger partial charge < -0.3 is 15.3 Å². The van der Waals surface area contributed by atoms with Gasteiger partial charge in [0.1, 0.15) is 0 Å². The molecule has 0 bridgehead atoms.